The average molecular weight is 311 g/mol. The standard InChI is InChI=1S/C12H15BrN4O/c1-7-4-9(16(3)15-7)5-17-6-10(14)8(2)11(13)12(17)18/h4,6H,5,14H2,1-3H3. The van der Waals surface area contributed by atoms with Gasteiger partial charge in [-0.25, -0.2) is 0 Å². The van der Waals surface area contributed by atoms with E-state index < -0.39 is 0 Å². The van der Waals surface area contributed by atoms with Gasteiger partial charge >= 0.3 is 0 Å². The Morgan fingerprint density at radius 1 is 1.44 bits per heavy atom. The number of halogens is 1. The number of hydrogen-bond acceptors (Lipinski definition) is 3. The molecule has 0 bridgehead atoms. The molecule has 0 spiro atoms. The molecule has 0 atom stereocenters. The largest absolute Gasteiger partial charge is 0.397 e. The Labute approximate surface area is 113 Å². The third kappa shape index (κ3) is 2.20. The molecule has 2 aromatic rings. The maximum atomic E-state index is 12.1. The van der Waals surface area contributed by atoms with Crippen LogP contribution in [0, 0.1) is 13.8 Å². The molecule has 2 aromatic heterocycles. The number of nitrogen functional groups attached to an aromatic ring is 1. The fourth-order valence-corrected chi connectivity index (χ4v) is 2.30. The molecule has 0 aliphatic rings. The van der Waals surface area contributed by atoms with Crippen molar-refractivity contribution in [1.29, 1.82) is 0 Å². The average Bonchev–Trinajstić information content (AvgIpc) is 2.62. The zero-order chi connectivity index (χ0) is 13.4. The Kier molecular flexibility index (Phi) is 3.30. The zero-order valence-electron chi connectivity index (χ0n) is 10.6. The van der Waals surface area contributed by atoms with Gasteiger partial charge in [0, 0.05) is 13.2 Å². The van der Waals surface area contributed by atoms with Gasteiger partial charge in [0.15, 0.2) is 0 Å². The second-order valence-corrected chi connectivity index (χ2v) is 5.15. The molecule has 96 valence electrons. The quantitative estimate of drug-likeness (QED) is 0.916. The number of aryl methyl sites for hydroxylation is 2. The van der Waals surface area contributed by atoms with Crippen molar-refractivity contribution in [2.75, 3.05) is 5.73 Å². The molecule has 0 amide bonds. The van der Waals surface area contributed by atoms with E-state index >= 15 is 0 Å². The van der Waals surface area contributed by atoms with Gasteiger partial charge in [0.1, 0.15) is 0 Å². The lowest BCUT2D eigenvalue weighted by Gasteiger charge is -2.10. The summed E-state index contributed by atoms with van der Waals surface area (Å²) in [5, 5.41) is 4.26. The number of aromatic nitrogens is 3. The van der Waals surface area contributed by atoms with E-state index in [9.17, 15) is 4.79 Å². The van der Waals surface area contributed by atoms with Gasteiger partial charge in [0.25, 0.3) is 5.56 Å². The lowest BCUT2D eigenvalue weighted by molar-refractivity contribution is 0.650. The monoisotopic (exact) mass is 310 g/mol. The molecule has 0 saturated carbocycles. The molecule has 0 aliphatic heterocycles. The van der Waals surface area contributed by atoms with E-state index in [4.69, 9.17) is 5.73 Å². The minimum absolute atomic E-state index is 0.0828. The second-order valence-electron chi connectivity index (χ2n) is 4.36. The maximum Gasteiger partial charge on any atom is 0.265 e. The zero-order valence-corrected chi connectivity index (χ0v) is 12.2. The smallest absolute Gasteiger partial charge is 0.265 e. The third-order valence-corrected chi connectivity index (χ3v) is 3.87. The highest BCUT2D eigenvalue weighted by atomic mass is 79.9. The summed E-state index contributed by atoms with van der Waals surface area (Å²) in [4.78, 5) is 12.1. The molecule has 5 nitrogen and oxygen atoms in total. The van der Waals surface area contributed by atoms with Crippen molar-refractivity contribution in [3.63, 3.8) is 0 Å². The van der Waals surface area contributed by atoms with Gasteiger partial charge in [0.05, 0.1) is 28.1 Å². The predicted octanol–water partition coefficient (Wildman–Crippen LogP) is 1.59. The van der Waals surface area contributed by atoms with E-state index in [1.165, 1.54) is 0 Å². The molecule has 18 heavy (non-hydrogen) atoms. The van der Waals surface area contributed by atoms with Gasteiger partial charge in [-0.15, -0.1) is 0 Å². The number of anilines is 1. The molecule has 0 radical (unpaired) electrons. The normalized spacial score (nSPS) is 10.9. The number of rotatable bonds is 2. The van der Waals surface area contributed by atoms with Gasteiger partial charge in [-0.1, -0.05) is 0 Å². The Hall–Kier alpha value is -1.56. The molecule has 2 heterocycles. The number of nitrogens with zero attached hydrogens (tertiary/aromatic N) is 3. The van der Waals surface area contributed by atoms with Crippen LogP contribution in [-0.4, -0.2) is 14.3 Å². The van der Waals surface area contributed by atoms with E-state index in [1.54, 1.807) is 15.4 Å². The summed E-state index contributed by atoms with van der Waals surface area (Å²) in [5.74, 6) is 0. The summed E-state index contributed by atoms with van der Waals surface area (Å²) in [6, 6.07) is 1.95. The first-order valence-corrected chi connectivity index (χ1v) is 6.34. The number of hydrogen-bond donors (Lipinski definition) is 1. The third-order valence-electron chi connectivity index (χ3n) is 2.94. The molecule has 6 heteroatoms. The summed E-state index contributed by atoms with van der Waals surface area (Å²) < 4.78 is 3.87. The first-order valence-electron chi connectivity index (χ1n) is 5.54. The van der Waals surface area contributed by atoms with Crippen molar-refractivity contribution in [3.8, 4) is 0 Å². The Balaban J connectivity index is 2.47. The van der Waals surface area contributed by atoms with Gasteiger partial charge < -0.3 is 10.3 Å². The summed E-state index contributed by atoms with van der Waals surface area (Å²) in [6.07, 6.45) is 1.67. The van der Waals surface area contributed by atoms with E-state index in [-0.39, 0.29) is 5.56 Å². The van der Waals surface area contributed by atoms with Crippen LogP contribution >= 0.6 is 15.9 Å². The first-order chi connectivity index (χ1) is 8.40. The van der Waals surface area contributed by atoms with Crippen LogP contribution in [0.25, 0.3) is 0 Å². The van der Waals surface area contributed by atoms with Crippen molar-refractivity contribution in [2.24, 2.45) is 7.05 Å². The van der Waals surface area contributed by atoms with Crippen LogP contribution in [0.2, 0.25) is 0 Å². The second kappa shape index (κ2) is 4.61. The van der Waals surface area contributed by atoms with Gasteiger partial charge in [-0.3, -0.25) is 9.48 Å². The van der Waals surface area contributed by atoms with Crippen molar-refractivity contribution in [2.45, 2.75) is 20.4 Å². The summed E-state index contributed by atoms with van der Waals surface area (Å²) in [5.41, 5.74) is 9.06. The maximum absolute atomic E-state index is 12.1. The summed E-state index contributed by atoms with van der Waals surface area (Å²) in [7, 11) is 1.86. The highest BCUT2D eigenvalue weighted by Gasteiger charge is 2.10. The van der Waals surface area contributed by atoms with E-state index in [0.717, 1.165) is 17.0 Å². The fraction of sp³-hybridized carbons (Fsp3) is 0.333. The molecular formula is C12H15BrN4O. The van der Waals surface area contributed by atoms with Gasteiger partial charge in [0.2, 0.25) is 0 Å². The summed E-state index contributed by atoms with van der Waals surface area (Å²) in [6.45, 7) is 4.20. The Morgan fingerprint density at radius 2 is 2.11 bits per heavy atom. The minimum Gasteiger partial charge on any atom is -0.397 e. The Morgan fingerprint density at radius 3 is 2.67 bits per heavy atom. The van der Waals surface area contributed by atoms with Crippen molar-refractivity contribution in [3.05, 3.63) is 44.0 Å². The number of pyridine rings is 1. The minimum atomic E-state index is -0.0828. The molecule has 0 unspecified atom stereocenters. The SMILES string of the molecule is Cc1cc(Cn2cc(N)c(C)c(Br)c2=O)n(C)n1. The van der Waals surface area contributed by atoms with Crippen molar-refractivity contribution >= 4 is 21.6 Å². The van der Waals surface area contributed by atoms with E-state index in [0.29, 0.717) is 16.7 Å². The molecule has 0 fully saturated rings. The summed E-state index contributed by atoms with van der Waals surface area (Å²) >= 11 is 3.28. The van der Waals surface area contributed by atoms with Crippen LogP contribution < -0.4 is 11.3 Å². The van der Waals surface area contributed by atoms with Crippen LogP contribution in [0.3, 0.4) is 0 Å². The highest BCUT2D eigenvalue weighted by Crippen LogP contribution is 2.17. The highest BCUT2D eigenvalue weighted by molar-refractivity contribution is 9.10. The van der Waals surface area contributed by atoms with Crippen LogP contribution in [0.15, 0.2) is 21.5 Å². The van der Waals surface area contributed by atoms with Crippen molar-refractivity contribution < 1.29 is 0 Å². The van der Waals surface area contributed by atoms with E-state index in [1.807, 2.05) is 27.0 Å². The fourth-order valence-electron chi connectivity index (χ4n) is 1.84. The molecule has 2 N–H and O–H groups in total. The van der Waals surface area contributed by atoms with E-state index in [2.05, 4.69) is 21.0 Å². The molecule has 0 aromatic carbocycles. The molecule has 0 saturated heterocycles. The van der Waals surface area contributed by atoms with Crippen molar-refractivity contribution in [1.82, 2.24) is 14.3 Å². The lowest BCUT2D eigenvalue weighted by Crippen LogP contribution is -2.23. The topological polar surface area (TPSA) is 65.8 Å². The van der Waals surface area contributed by atoms with Gasteiger partial charge in [-0.2, -0.15) is 5.10 Å². The van der Waals surface area contributed by atoms with Crippen LogP contribution in [0.1, 0.15) is 17.0 Å². The van der Waals surface area contributed by atoms with Gasteiger partial charge in [-0.05, 0) is 41.4 Å². The molecule has 2 rings (SSSR count). The molecular weight excluding hydrogens is 296 g/mol. The molecule has 0 aliphatic carbocycles. The predicted molar refractivity (Wildman–Crippen MR) is 74.6 cm³/mol. The van der Waals surface area contributed by atoms with Crippen LogP contribution in [0.4, 0.5) is 5.69 Å². The number of nitrogens with two attached hydrogens (primary N) is 1. The Bertz CT molecular complexity index is 657. The lowest BCUT2D eigenvalue weighted by atomic mass is 10.2. The first kappa shape index (κ1) is 12.9. The van der Waals surface area contributed by atoms with Crippen LogP contribution in [-0.2, 0) is 13.6 Å². The van der Waals surface area contributed by atoms with Crippen LogP contribution in [0.5, 0.6) is 0 Å².